The van der Waals surface area contributed by atoms with Gasteiger partial charge < -0.3 is 10.6 Å². The average molecular weight is 426 g/mol. The second-order valence-corrected chi connectivity index (χ2v) is 7.86. The van der Waals surface area contributed by atoms with Crippen LogP contribution in [-0.2, 0) is 0 Å². The summed E-state index contributed by atoms with van der Waals surface area (Å²) in [7, 11) is 0. The topological polar surface area (TPSA) is 98.2 Å². The van der Waals surface area contributed by atoms with Crippen molar-refractivity contribution in [1.29, 1.82) is 0 Å². The van der Waals surface area contributed by atoms with Crippen LogP contribution in [0.5, 0.6) is 0 Å². The molecule has 0 amide bonds. The Labute approximate surface area is 176 Å². The number of rotatable bonds is 2. The van der Waals surface area contributed by atoms with Gasteiger partial charge in [-0.3, -0.25) is 10.1 Å². The van der Waals surface area contributed by atoms with E-state index in [9.17, 15) is 14.5 Å². The van der Waals surface area contributed by atoms with Crippen LogP contribution < -0.4 is 10.6 Å². The molecule has 1 aromatic heterocycles. The molecule has 30 heavy (non-hydrogen) atoms. The van der Waals surface area contributed by atoms with Crippen LogP contribution in [0.3, 0.4) is 0 Å². The van der Waals surface area contributed by atoms with Gasteiger partial charge in [-0.2, -0.15) is 0 Å². The molecule has 4 rings (SSSR count). The van der Waals surface area contributed by atoms with Gasteiger partial charge in [0.25, 0.3) is 5.69 Å². The van der Waals surface area contributed by atoms with Crippen molar-refractivity contribution >= 4 is 39.7 Å². The Hall–Kier alpha value is -3.44. The Morgan fingerprint density at radius 2 is 2.17 bits per heavy atom. The minimum Gasteiger partial charge on any atom is -0.383 e. The third-order valence-electron chi connectivity index (χ3n) is 5.22. The lowest BCUT2D eigenvalue weighted by Crippen LogP contribution is -2.24. The van der Waals surface area contributed by atoms with Gasteiger partial charge in [-0.05, 0) is 31.5 Å². The molecular weight excluding hydrogens is 409 g/mol. The maximum absolute atomic E-state index is 14.4. The van der Waals surface area contributed by atoms with Crippen LogP contribution in [0.2, 0.25) is 5.02 Å². The van der Waals surface area contributed by atoms with Gasteiger partial charge in [-0.15, -0.1) is 0 Å². The molecule has 3 aromatic rings. The van der Waals surface area contributed by atoms with Gasteiger partial charge in [0.2, 0.25) is 0 Å². The molecule has 1 unspecified atom stereocenters. The smallest absolute Gasteiger partial charge is 0.285 e. The highest BCUT2D eigenvalue weighted by Gasteiger charge is 2.34. The Balaban J connectivity index is 1.68. The molecule has 0 saturated carbocycles. The van der Waals surface area contributed by atoms with Crippen molar-refractivity contribution in [2.75, 3.05) is 23.7 Å². The van der Waals surface area contributed by atoms with E-state index in [4.69, 9.17) is 17.3 Å². The van der Waals surface area contributed by atoms with Gasteiger partial charge in [-0.25, -0.2) is 14.4 Å². The lowest BCUT2D eigenvalue weighted by atomic mass is 9.90. The molecular formula is C21H17ClFN5O2. The molecule has 1 aliphatic heterocycles. The predicted molar refractivity (Wildman–Crippen MR) is 114 cm³/mol. The molecule has 0 aliphatic carbocycles. The molecule has 7 nitrogen and oxygen atoms in total. The van der Waals surface area contributed by atoms with E-state index in [1.807, 2.05) is 11.8 Å². The van der Waals surface area contributed by atoms with Crippen LogP contribution in [0.25, 0.3) is 10.9 Å². The Bertz CT molecular complexity index is 1240. The highest BCUT2D eigenvalue weighted by molar-refractivity contribution is 6.31. The molecule has 152 valence electrons. The number of aromatic nitrogens is 2. The Kier molecular flexibility index (Phi) is 4.92. The molecule has 1 atom stereocenters. The summed E-state index contributed by atoms with van der Waals surface area (Å²) < 4.78 is 14.4. The van der Waals surface area contributed by atoms with Gasteiger partial charge in [0.1, 0.15) is 17.7 Å². The monoisotopic (exact) mass is 425 g/mol. The van der Waals surface area contributed by atoms with Crippen LogP contribution in [0, 0.1) is 33.2 Å². The van der Waals surface area contributed by atoms with E-state index < -0.39 is 16.2 Å². The van der Waals surface area contributed by atoms with E-state index in [0.717, 1.165) is 0 Å². The number of nitrogen functional groups attached to an aromatic ring is 1. The fraction of sp³-hybridized carbons (Fsp3) is 0.238. The summed E-state index contributed by atoms with van der Waals surface area (Å²) in [5.41, 5.74) is 6.34. The lowest BCUT2D eigenvalue weighted by molar-refractivity contribution is -0.385. The quantitative estimate of drug-likeness (QED) is 0.375. The number of fused-ring (bicyclic) bond motifs is 1. The van der Waals surface area contributed by atoms with Crippen molar-refractivity contribution in [2.24, 2.45) is 5.41 Å². The normalized spacial score (nSPS) is 18.3. The number of nitro groups is 1. The van der Waals surface area contributed by atoms with Crippen LogP contribution in [0.4, 0.5) is 21.6 Å². The first-order valence-corrected chi connectivity index (χ1v) is 9.56. The summed E-state index contributed by atoms with van der Waals surface area (Å²) >= 11 is 5.90. The second kappa shape index (κ2) is 7.43. The van der Waals surface area contributed by atoms with Crippen molar-refractivity contribution in [3.8, 4) is 11.8 Å². The number of nitrogens with zero attached hydrogens (tertiary/aromatic N) is 4. The summed E-state index contributed by atoms with van der Waals surface area (Å²) in [6, 6.07) is 7.78. The molecule has 0 spiro atoms. The molecule has 0 bridgehead atoms. The van der Waals surface area contributed by atoms with Crippen LogP contribution in [-0.4, -0.2) is 28.0 Å². The van der Waals surface area contributed by atoms with Gasteiger partial charge in [-0.1, -0.05) is 29.5 Å². The van der Waals surface area contributed by atoms with Crippen LogP contribution in [0.1, 0.15) is 18.9 Å². The molecule has 2 aromatic carbocycles. The molecule has 1 saturated heterocycles. The third-order valence-corrected chi connectivity index (χ3v) is 5.52. The zero-order chi connectivity index (χ0) is 21.5. The number of benzene rings is 2. The molecule has 9 heteroatoms. The van der Waals surface area contributed by atoms with Crippen molar-refractivity contribution in [2.45, 2.75) is 13.3 Å². The first-order valence-electron chi connectivity index (χ1n) is 9.18. The standard InChI is InChI=1S/C21H17ClFN5O2/c1-21(7-8-27(11-21)17-4-2-3-15(22)19(17)23)6-5-13-9-16-14(10-18(13)28(29)30)20(24)26-12-25-16/h2-4,9-10,12H,7-8,11H2,1H3,(H2,24,25,26). The molecule has 2 N–H and O–H groups in total. The summed E-state index contributed by atoms with van der Waals surface area (Å²) in [5.74, 6) is 5.82. The maximum atomic E-state index is 14.4. The number of anilines is 2. The molecule has 0 radical (unpaired) electrons. The predicted octanol–water partition coefficient (Wildman–Crippen LogP) is 4.18. The third kappa shape index (κ3) is 3.60. The highest BCUT2D eigenvalue weighted by atomic mass is 35.5. The van der Waals surface area contributed by atoms with Gasteiger partial charge in [0.05, 0.1) is 21.2 Å². The number of nitro benzene ring substituents is 1. The SMILES string of the molecule is CC1(C#Cc2cc3ncnc(N)c3cc2[N+](=O)[O-])CCN(c2cccc(Cl)c2F)C1. The molecule has 2 heterocycles. The average Bonchev–Trinajstić information content (AvgIpc) is 3.10. The maximum Gasteiger partial charge on any atom is 0.285 e. The summed E-state index contributed by atoms with van der Waals surface area (Å²) in [6.07, 6.45) is 1.98. The van der Waals surface area contributed by atoms with Crippen molar-refractivity contribution < 1.29 is 9.31 Å². The zero-order valence-corrected chi connectivity index (χ0v) is 16.8. The van der Waals surface area contributed by atoms with Crippen molar-refractivity contribution in [3.05, 3.63) is 63.2 Å². The van der Waals surface area contributed by atoms with Crippen LogP contribution in [0.15, 0.2) is 36.7 Å². The lowest BCUT2D eigenvalue weighted by Gasteiger charge is -2.22. The fourth-order valence-corrected chi connectivity index (χ4v) is 3.76. The van der Waals surface area contributed by atoms with Crippen molar-refractivity contribution in [1.82, 2.24) is 9.97 Å². The summed E-state index contributed by atoms with van der Waals surface area (Å²) in [4.78, 5) is 20.9. The highest BCUT2D eigenvalue weighted by Crippen LogP contribution is 2.36. The van der Waals surface area contributed by atoms with Gasteiger partial charge in [0, 0.05) is 30.0 Å². The number of halogens is 2. The van der Waals surface area contributed by atoms with E-state index in [1.165, 1.54) is 18.5 Å². The first kappa shape index (κ1) is 19.9. The minimum atomic E-state index is -0.499. The first-order chi connectivity index (χ1) is 14.3. The zero-order valence-electron chi connectivity index (χ0n) is 16.0. The van der Waals surface area contributed by atoms with E-state index in [2.05, 4.69) is 21.8 Å². The summed E-state index contributed by atoms with van der Waals surface area (Å²) in [5, 5.41) is 12.0. The van der Waals surface area contributed by atoms with Gasteiger partial charge in [0.15, 0.2) is 5.82 Å². The largest absolute Gasteiger partial charge is 0.383 e. The number of hydrogen-bond acceptors (Lipinski definition) is 6. The fourth-order valence-electron chi connectivity index (χ4n) is 3.59. The van der Waals surface area contributed by atoms with E-state index >= 15 is 0 Å². The Morgan fingerprint density at radius 3 is 2.93 bits per heavy atom. The van der Waals surface area contributed by atoms with E-state index in [1.54, 1.807) is 18.2 Å². The molecule has 1 aliphatic rings. The number of hydrogen-bond donors (Lipinski definition) is 1. The molecule has 1 fully saturated rings. The second-order valence-electron chi connectivity index (χ2n) is 7.46. The van der Waals surface area contributed by atoms with Gasteiger partial charge >= 0.3 is 0 Å². The minimum absolute atomic E-state index is 0.0697. The summed E-state index contributed by atoms with van der Waals surface area (Å²) in [6.45, 7) is 3.04. The number of nitrogens with two attached hydrogens (primary N) is 1. The van der Waals surface area contributed by atoms with E-state index in [0.29, 0.717) is 36.1 Å². The van der Waals surface area contributed by atoms with Crippen LogP contribution >= 0.6 is 11.6 Å². The Morgan fingerprint density at radius 1 is 1.37 bits per heavy atom. The van der Waals surface area contributed by atoms with Crippen molar-refractivity contribution in [3.63, 3.8) is 0 Å². The van der Waals surface area contributed by atoms with E-state index in [-0.39, 0.29) is 22.1 Å².